The maximum Gasteiger partial charge on any atom is 0.338 e. The van der Waals surface area contributed by atoms with Crippen molar-refractivity contribution in [2.75, 3.05) is 6.61 Å². The summed E-state index contributed by atoms with van der Waals surface area (Å²) >= 11 is 0. The van der Waals surface area contributed by atoms with Gasteiger partial charge in [-0.3, -0.25) is 0 Å². The summed E-state index contributed by atoms with van der Waals surface area (Å²) in [6.07, 6.45) is 3.98. The molecule has 1 N–H and O–H groups in total. The zero-order valence-corrected chi connectivity index (χ0v) is 11.1. The molecule has 0 aromatic carbocycles. The van der Waals surface area contributed by atoms with Crippen LogP contribution in [-0.4, -0.2) is 35.4 Å². The molecule has 0 unspecified atom stereocenters. The van der Waals surface area contributed by atoms with Crippen molar-refractivity contribution in [3.63, 3.8) is 0 Å². The molecule has 2 rings (SSSR count). The van der Waals surface area contributed by atoms with Crippen molar-refractivity contribution >= 4 is 11.9 Å². The number of aliphatic hydroxyl groups excluding tert-OH is 1. The fourth-order valence-corrected chi connectivity index (χ4v) is 2.43. The molecule has 0 aromatic rings. The molecule has 0 aromatic heterocycles. The van der Waals surface area contributed by atoms with Crippen LogP contribution in [-0.2, 0) is 19.1 Å². The first-order valence-electron chi connectivity index (χ1n) is 6.38. The van der Waals surface area contributed by atoms with Gasteiger partial charge in [-0.15, -0.1) is 0 Å². The van der Waals surface area contributed by atoms with Crippen LogP contribution in [0.3, 0.4) is 0 Å². The van der Waals surface area contributed by atoms with E-state index in [1.165, 1.54) is 0 Å². The van der Waals surface area contributed by atoms with Gasteiger partial charge >= 0.3 is 11.9 Å². The molecule has 1 fully saturated rings. The van der Waals surface area contributed by atoms with Crippen molar-refractivity contribution in [2.24, 2.45) is 0 Å². The molecule has 2 aliphatic heterocycles. The van der Waals surface area contributed by atoms with Gasteiger partial charge in [0.2, 0.25) is 0 Å². The molecule has 104 valence electrons. The molecule has 0 bridgehead atoms. The van der Waals surface area contributed by atoms with Gasteiger partial charge in [0.15, 0.2) is 6.10 Å². The fraction of sp³-hybridized carbons (Fsp3) is 0.571. The standard InChI is InChI=1S/C14H18O5/c1-3-4-10-9(8-18-12(10)16)5-6-14(2)7-11(15)13(17)19-14/h3-4,11,15H,5-8H2,1-2H3/b4-3-/t11-,14-/m1/s1. The van der Waals surface area contributed by atoms with Gasteiger partial charge in [0.25, 0.3) is 0 Å². The lowest BCUT2D eigenvalue weighted by Gasteiger charge is -2.22. The molecule has 5 nitrogen and oxygen atoms in total. The number of hydrogen-bond donors (Lipinski definition) is 1. The van der Waals surface area contributed by atoms with Crippen LogP contribution in [0.25, 0.3) is 0 Å². The molecule has 0 aliphatic carbocycles. The van der Waals surface area contributed by atoms with Gasteiger partial charge < -0.3 is 14.6 Å². The SMILES string of the molecule is C/C=C\C1=C(CC[C@]2(C)C[C@@H](O)C(=O)O2)COC1=O. The highest BCUT2D eigenvalue weighted by Gasteiger charge is 2.42. The van der Waals surface area contributed by atoms with E-state index in [9.17, 15) is 14.7 Å². The lowest BCUT2D eigenvalue weighted by atomic mass is 9.92. The van der Waals surface area contributed by atoms with E-state index in [0.717, 1.165) is 5.57 Å². The van der Waals surface area contributed by atoms with Gasteiger partial charge in [-0.1, -0.05) is 12.2 Å². The first-order valence-corrected chi connectivity index (χ1v) is 6.38. The molecule has 5 heteroatoms. The Labute approximate surface area is 111 Å². The number of aliphatic hydroxyl groups is 1. The number of cyclic esters (lactones) is 2. The van der Waals surface area contributed by atoms with Crippen molar-refractivity contribution in [3.05, 3.63) is 23.3 Å². The molecule has 0 saturated carbocycles. The van der Waals surface area contributed by atoms with E-state index in [1.54, 1.807) is 19.1 Å². The fourth-order valence-electron chi connectivity index (χ4n) is 2.43. The van der Waals surface area contributed by atoms with Crippen molar-refractivity contribution < 1.29 is 24.2 Å². The van der Waals surface area contributed by atoms with Crippen LogP contribution >= 0.6 is 0 Å². The normalized spacial score (nSPS) is 31.2. The van der Waals surface area contributed by atoms with Crippen LogP contribution in [0.15, 0.2) is 23.3 Å². The molecule has 2 aliphatic rings. The second-order valence-electron chi connectivity index (χ2n) is 5.18. The average molecular weight is 266 g/mol. The van der Waals surface area contributed by atoms with Gasteiger partial charge in [0.05, 0.1) is 5.57 Å². The van der Waals surface area contributed by atoms with Gasteiger partial charge in [0.1, 0.15) is 12.2 Å². The summed E-state index contributed by atoms with van der Waals surface area (Å²) in [6, 6.07) is 0. The molecule has 2 heterocycles. The van der Waals surface area contributed by atoms with E-state index in [-0.39, 0.29) is 5.97 Å². The number of allylic oxidation sites excluding steroid dienone is 1. The Balaban J connectivity index is 2.03. The summed E-state index contributed by atoms with van der Waals surface area (Å²) in [5.41, 5.74) is 0.855. The summed E-state index contributed by atoms with van der Waals surface area (Å²) < 4.78 is 10.2. The highest BCUT2D eigenvalue weighted by molar-refractivity contribution is 5.94. The van der Waals surface area contributed by atoms with Crippen LogP contribution < -0.4 is 0 Å². The molecule has 0 spiro atoms. The monoisotopic (exact) mass is 266 g/mol. The predicted molar refractivity (Wildman–Crippen MR) is 67.2 cm³/mol. The number of esters is 2. The van der Waals surface area contributed by atoms with Crippen molar-refractivity contribution in [1.82, 2.24) is 0 Å². The second-order valence-corrected chi connectivity index (χ2v) is 5.18. The van der Waals surface area contributed by atoms with Crippen molar-refractivity contribution in [1.29, 1.82) is 0 Å². The molecule has 0 amide bonds. The van der Waals surface area contributed by atoms with E-state index in [4.69, 9.17) is 9.47 Å². The van der Waals surface area contributed by atoms with E-state index in [2.05, 4.69) is 0 Å². The van der Waals surface area contributed by atoms with Gasteiger partial charge in [-0.05, 0) is 32.3 Å². The van der Waals surface area contributed by atoms with E-state index in [0.29, 0.717) is 31.4 Å². The predicted octanol–water partition coefficient (Wildman–Crippen LogP) is 1.26. The first-order chi connectivity index (χ1) is 8.95. The van der Waals surface area contributed by atoms with Crippen LogP contribution in [0.4, 0.5) is 0 Å². The number of carbonyl (C=O) groups is 2. The summed E-state index contributed by atoms with van der Waals surface area (Å²) in [7, 11) is 0. The third kappa shape index (κ3) is 2.87. The zero-order valence-electron chi connectivity index (χ0n) is 11.1. The minimum atomic E-state index is -1.03. The summed E-state index contributed by atoms with van der Waals surface area (Å²) in [6.45, 7) is 3.94. The van der Waals surface area contributed by atoms with Crippen LogP contribution in [0.5, 0.6) is 0 Å². The quantitative estimate of drug-likeness (QED) is 0.776. The number of hydrogen-bond acceptors (Lipinski definition) is 5. The Morgan fingerprint density at radius 1 is 1.47 bits per heavy atom. The molecule has 1 saturated heterocycles. The Kier molecular flexibility index (Phi) is 3.75. The zero-order chi connectivity index (χ0) is 14.0. The van der Waals surface area contributed by atoms with Crippen LogP contribution in [0.1, 0.15) is 33.1 Å². The minimum Gasteiger partial charge on any atom is -0.458 e. The maximum absolute atomic E-state index is 11.5. The topological polar surface area (TPSA) is 72.8 Å². The highest BCUT2D eigenvalue weighted by Crippen LogP contribution is 2.33. The van der Waals surface area contributed by atoms with Crippen molar-refractivity contribution in [3.8, 4) is 0 Å². The number of rotatable bonds is 4. The Morgan fingerprint density at radius 2 is 2.21 bits per heavy atom. The summed E-state index contributed by atoms with van der Waals surface area (Å²) in [5, 5.41) is 9.43. The first kappa shape index (κ1) is 13.8. The lowest BCUT2D eigenvalue weighted by molar-refractivity contribution is -0.152. The largest absolute Gasteiger partial charge is 0.458 e. The van der Waals surface area contributed by atoms with E-state index < -0.39 is 17.7 Å². The Bertz CT molecular complexity index is 462. The molecule has 0 radical (unpaired) electrons. The number of ether oxygens (including phenoxy) is 2. The average Bonchev–Trinajstić information content (AvgIpc) is 2.81. The van der Waals surface area contributed by atoms with Crippen LogP contribution in [0, 0.1) is 0 Å². The number of carbonyl (C=O) groups excluding carboxylic acids is 2. The van der Waals surface area contributed by atoms with Gasteiger partial charge in [-0.2, -0.15) is 0 Å². The molecular formula is C14H18O5. The molecule has 2 atom stereocenters. The van der Waals surface area contributed by atoms with E-state index in [1.807, 2.05) is 6.92 Å². The molecule has 19 heavy (non-hydrogen) atoms. The van der Waals surface area contributed by atoms with Gasteiger partial charge in [-0.25, -0.2) is 9.59 Å². The lowest BCUT2D eigenvalue weighted by Crippen LogP contribution is -2.24. The maximum atomic E-state index is 11.5. The smallest absolute Gasteiger partial charge is 0.338 e. The van der Waals surface area contributed by atoms with Crippen molar-refractivity contribution in [2.45, 2.75) is 44.8 Å². The third-order valence-electron chi connectivity index (χ3n) is 3.51. The third-order valence-corrected chi connectivity index (χ3v) is 3.51. The summed E-state index contributed by atoms with van der Waals surface area (Å²) in [4.78, 5) is 22.7. The Hall–Kier alpha value is -1.62. The van der Waals surface area contributed by atoms with Gasteiger partial charge in [0, 0.05) is 6.42 Å². The highest BCUT2D eigenvalue weighted by atomic mass is 16.6. The Morgan fingerprint density at radius 3 is 2.79 bits per heavy atom. The van der Waals surface area contributed by atoms with E-state index >= 15 is 0 Å². The molecular weight excluding hydrogens is 248 g/mol. The summed E-state index contributed by atoms with van der Waals surface area (Å²) in [5.74, 6) is -0.870. The minimum absolute atomic E-state index is 0.297. The second kappa shape index (κ2) is 5.17. The van der Waals surface area contributed by atoms with Crippen LogP contribution in [0.2, 0.25) is 0 Å².